The summed E-state index contributed by atoms with van der Waals surface area (Å²) in [6.45, 7) is 2.90. The minimum Gasteiger partial charge on any atom is -0.440 e. The third-order valence-corrected chi connectivity index (χ3v) is 1.93. The molecule has 0 aliphatic carbocycles. The van der Waals surface area contributed by atoms with E-state index in [-0.39, 0.29) is 6.10 Å². The van der Waals surface area contributed by atoms with Gasteiger partial charge < -0.3 is 9.97 Å². The largest absolute Gasteiger partial charge is 0.440 e. The molecule has 0 heterocycles. The van der Waals surface area contributed by atoms with Gasteiger partial charge in [-0.05, 0) is 14.0 Å². The number of hydrogen-bond acceptors (Lipinski definition) is 3. The van der Waals surface area contributed by atoms with E-state index in [1.165, 1.54) is 0 Å². The molecule has 0 aliphatic heterocycles. The molecule has 0 radical (unpaired) electrons. The van der Waals surface area contributed by atoms with Crippen LogP contribution in [0.15, 0.2) is 0 Å². The van der Waals surface area contributed by atoms with Crippen LogP contribution in [0, 0.1) is 0 Å². The van der Waals surface area contributed by atoms with E-state index in [1.807, 2.05) is 14.0 Å². The van der Waals surface area contributed by atoms with Gasteiger partial charge in [-0.2, -0.15) is 12.6 Å². The highest BCUT2D eigenvalue weighted by atomic mass is 32.1. The summed E-state index contributed by atoms with van der Waals surface area (Å²) in [4.78, 5) is 0. The summed E-state index contributed by atoms with van der Waals surface area (Å²) in [7, 11) is 3.61. The van der Waals surface area contributed by atoms with Crippen molar-refractivity contribution >= 4 is 20.7 Å². The molecule has 0 aromatic carbocycles. The second-order valence-corrected chi connectivity index (χ2v) is 2.73. The Balaban J connectivity index is 3.32. The lowest BCUT2D eigenvalue weighted by Gasteiger charge is -2.17. The van der Waals surface area contributed by atoms with Crippen LogP contribution in [0.5, 0.6) is 0 Å². The van der Waals surface area contributed by atoms with E-state index < -0.39 is 0 Å². The third-order valence-electron chi connectivity index (χ3n) is 1.33. The molecule has 0 saturated heterocycles. The van der Waals surface area contributed by atoms with Crippen molar-refractivity contribution in [1.82, 2.24) is 5.32 Å². The maximum Gasteiger partial charge on any atom is 0.257 e. The monoisotopic (exact) mass is 147 g/mol. The number of hydrogen-bond donors (Lipinski definition) is 2. The summed E-state index contributed by atoms with van der Waals surface area (Å²) in [6.07, 6.45) is 0.223. The fourth-order valence-electron chi connectivity index (χ4n) is 0.532. The van der Waals surface area contributed by atoms with Crippen LogP contribution in [0.3, 0.4) is 0 Å². The molecule has 2 nitrogen and oxygen atoms in total. The summed E-state index contributed by atoms with van der Waals surface area (Å²) in [5.74, 6) is 0. The van der Waals surface area contributed by atoms with Crippen LogP contribution >= 0.6 is 12.6 Å². The first-order chi connectivity index (χ1) is 4.22. The Bertz CT molecular complexity index is 74.0. The maximum atomic E-state index is 5.05. The Morgan fingerprint density at radius 2 is 2.33 bits per heavy atom. The normalized spacial score (nSPS) is 17.2. The molecule has 0 aromatic rings. The Hall–Kier alpha value is 0.335. The zero-order chi connectivity index (χ0) is 7.28. The minimum absolute atomic E-state index is 0.223. The predicted molar refractivity (Wildman–Crippen MR) is 45.8 cm³/mol. The van der Waals surface area contributed by atoms with E-state index in [2.05, 4.69) is 17.9 Å². The first-order valence-electron chi connectivity index (χ1n) is 3.07. The number of nitrogens with one attached hydrogen (secondary N) is 1. The standard InChI is InChI=1S/C5H14BNOS/c1-4(8-6)5(9)3-7-2/h4-5,7,9H,3,6H2,1-2H3. The van der Waals surface area contributed by atoms with Gasteiger partial charge in [-0.15, -0.1) is 0 Å². The van der Waals surface area contributed by atoms with Gasteiger partial charge in [0.25, 0.3) is 8.05 Å². The van der Waals surface area contributed by atoms with E-state index in [4.69, 9.17) is 4.65 Å². The summed E-state index contributed by atoms with van der Waals surface area (Å²) in [5, 5.41) is 3.32. The van der Waals surface area contributed by atoms with Crippen molar-refractivity contribution in [2.24, 2.45) is 0 Å². The van der Waals surface area contributed by atoms with Gasteiger partial charge in [-0.1, -0.05) is 0 Å². The molecular weight excluding hydrogens is 133 g/mol. The fraction of sp³-hybridized carbons (Fsp3) is 1.00. The summed E-state index contributed by atoms with van der Waals surface area (Å²) in [5.41, 5.74) is 0. The van der Waals surface area contributed by atoms with E-state index in [9.17, 15) is 0 Å². The van der Waals surface area contributed by atoms with Crippen molar-refractivity contribution in [1.29, 1.82) is 0 Å². The van der Waals surface area contributed by atoms with Gasteiger partial charge in [0, 0.05) is 17.9 Å². The van der Waals surface area contributed by atoms with E-state index in [0.29, 0.717) is 5.25 Å². The highest BCUT2D eigenvalue weighted by Gasteiger charge is 2.08. The zero-order valence-electron chi connectivity index (χ0n) is 6.22. The fourth-order valence-corrected chi connectivity index (χ4v) is 0.836. The summed E-state index contributed by atoms with van der Waals surface area (Å²) < 4.78 is 5.05. The predicted octanol–water partition coefficient (Wildman–Crippen LogP) is -0.543. The maximum absolute atomic E-state index is 5.05. The third kappa shape index (κ3) is 3.84. The molecule has 4 heteroatoms. The molecule has 54 valence electrons. The van der Waals surface area contributed by atoms with Gasteiger partial charge in [0.15, 0.2) is 0 Å². The average Bonchev–Trinajstić information content (AvgIpc) is 1.87. The Labute approximate surface area is 63.2 Å². The molecule has 0 amide bonds. The Morgan fingerprint density at radius 1 is 1.78 bits per heavy atom. The van der Waals surface area contributed by atoms with Crippen molar-refractivity contribution in [2.45, 2.75) is 18.3 Å². The molecule has 0 aliphatic rings. The van der Waals surface area contributed by atoms with Gasteiger partial charge >= 0.3 is 0 Å². The Kier molecular flexibility index (Phi) is 5.34. The molecule has 2 unspecified atom stereocenters. The van der Waals surface area contributed by atoms with Gasteiger partial charge in [0.05, 0.1) is 0 Å². The summed E-state index contributed by atoms with van der Waals surface area (Å²) in [6, 6.07) is 0. The topological polar surface area (TPSA) is 21.3 Å². The van der Waals surface area contributed by atoms with Crippen LogP contribution in [0.25, 0.3) is 0 Å². The quantitative estimate of drug-likeness (QED) is 0.411. The minimum atomic E-state index is 0.223. The highest BCUT2D eigenvalue weighted by Crippen LogP contribution is 2.02. The van der Waals surface area contributed by atoms with Crippen molar-refractivity contribution in [2.75, 3.05) is 13.6 Å². The van der Waals surface area contributed by atoms with Crippen LogP contribution < -0.4 is 5.32 Å². The molecule has 0 aromatic heterocycles. The van der Waals surface area contributed by atoms with E-state index in [1.54, 1.807) is 8.05 Å². The smallest absolute Gasteiger partial charge is 0.257 e. The van der Waals surface area contributed by atoms with Crippen LogP contribution in [-0.2, 0) is 4.65 Å². The van der Waals surface area contributed by atoms with E-state index in [0.717, 1.165) is 6.54 Å². The number of thiol groups is 1. The van der Waals surface area contributed by atoms with Crippen LogP contribution in [0.2, 0.25) is 0 Å². The lowest BCUT2D eigenvalue weighted by molar-refractivity contribution is 0.239. The van der Waals surface area contributed by atoms with Crippen molar-refractivity contribution < 1.29 is 4.65 Å². The van der Waals surface area contributed by atoms with Crippen LogP contribution in [-0.4, -0.2) is 33.0 Å². The van der Waals surface area contributed by atoms with Gasteiger partial charge in [0.2, 0.25) is 0 Å². The lowest BCUT2D eigenvalue weighted by atomic mass is 10.2. The molecule has 0 fully saturated rings. The number of rotatable bonds is 4. The average molecular weight is 147 g/mol. The lowest BCUT2D eigenvalue weighted by Crippen LogP contribution is -2.30. The highest BCUT2D eigenvalue weighted by molar-refractivity contribution is 7.81. The molecule has 0 saturated carbocycles. The van der Waals surface area contributed by atoms with Crippen molar-refractivity contribution in [3.05, 3.63) is 0 Å². The molecule has 9 heavy (non-hydrogen) atoms. The summed E-state index contributed by atoms with van der Waals surface area (Å²) >= 11 is 4.30. The second kappa shape index (κ2) is 5.15. The second-order valence-electron chi connectivity index (χ2n) is 2.07. The molecular formula is C5H14BNOS. The van der Waals surface area contributed by atoms with Gasteiger partial charge in [0.1, 0.15) is 0 Å². The van der Waals surface area contributed by atoms with Crippen LogP contribution in [0.4, 0.5) is 0 Å². The van der Waals surface area contributed by atoms with E-state index >= 15 is 0 Å². The first kappa shape index (κ1) is 9.33. The molecule has 0 spiro atoms. The molecule has 0 rings (SSSR count). The molecule has 0 bridgehead atoms. The zero-order valence-corrected chi connectivity index (χ0v) is 7.11. The first-order valence-corrected chi connectivity index (χ1v) is 3.59. The molecule has 1 N–H and O–H groups in total. The van der Waals surface area contributed by atoms with Gasteiger partial charge in [-0.25, -0.2) is 0 Å². The van der Waals surface area contributed by atoms with Gasteiger partial charge in [-0.3, -0.25) is 0 Å². The van der Waals surface area contributed by atoms with Crippen LogP contribution in [0.1, 0.15) is 6.92 Å². The Morgan fingerprint density at radius 3 is 2.67 bits per heavy atom. The van der Waals surface area contributed by atoms with Crippen molar-refractivity contribution in [3.8, 4) is 0 Å². The molecule has 2 atom stereocenters. The SMILES string of the molecule is BOC(C)C(S)CNC. The van der Waals surface area contributed by atoms with Crippen molar-refractivity contribution in [3.63, 3.8) is 0 Å².